The van der Waals surface area contributed by atoms with Crippen LogP contribution in [0.4, 0.5) is 0 Å². The Morgan fingerprint density at radius 3 is 2.81 bits per heavy atom. The van der Waals surface area contributed by atoms with E-state index in [9.17, 15) is 4.79 Å². The molecule has 21 heavy (non-hydrogen) atoms. The molecule has 1 heterocycles. The smallest absolute Gasteiger partial charge is 0.235 e. The molecule has 2 fully saturated rings. The van der Waals surface area contributed by atoms with Gasteiger partial charge in [-0.15, -0.1) is 0 Å². The third kappa shape index (κ3) is 2.61. The van der Waals surface area contributed by atoms with E-state index in [1.54, 1.807) is 13.2 Å². The fraction of sp³-hybridized carbons (Fsp3) is 0.588. The average Bonchev–Trinajstić information content (AvgIpc) is 3.19. The van der Waals surface area contributed by atoms with Crippen molar-refractivity contribution in [1.82, 2.24) is 0 Å². The van der Waals surface area contributed by atoms with Crippen LogP contribution in [0.2, 0.25) is 0 Å². The molecule has 0 aromatic heterocycles. The third-order valence-electron chi connectivity index (χ3n) is 4.82. The minimum atomic E-state index is -0.442. The van der Waals surface area contributed by atoms with E-state index >= 15 is 0 Å². The molecule has 1 aliphatic heterocycles. The monoisotopic (exact) mass is 287 g/mol. The molecule has 1 aromatic rings. The van der Waals surface area contributed by atoms with Crippen LogP contribution in [0.3, 0.4) is 0 Å². The Bertz CT molecular complexity index is 551. The van der Waals surface area contributed by atoms with E-state index in [-0.39, 0.29) is 0 Å². The number of hydrogen-bond donors (Lipinski definition) is 0. The number of rotatable bonds is 4. The van der Waals surface area contributed by atoms with Gasteiger partial charge in [0.1, 0.15) is 11.3 Å². The van der Waals surface area contributed by atoms with E-state index in [0.29, 0.717) is 5.92 Å². The molecular weight excluding hydrogens is 266 g/mol. The summed E-state index contributed by atoms with van der Waals surface area (Å²) in [7, 11) is 1.67. The molecule has 1 aromatic carbocycles. The van der Waals surface area contributed by atoms with E-state index in [0.717, 1.165) is 56.6 Å². The van der Waals surface area contributed by atoms with Gasteiger partial charge in [-0.3, -0.25) is 0 Å². The Kier molecular flexibility index (Phi) is 4.09. The SMILES string of the molecule is COc1ccc(C2CCOC2)cc1C1(N=C=O)CCCC1. The molecule has 2 aliphatic rings. The lowest BCUT2D eigenvalue weighted by molar-refractivity contribution is 0.194. The van der Waals surface area contributed by atoms with Crippen LogP contribution in [0.15, 0.2) is 23.2 Å². The Morgan fingerprint density at radius 2 is 2.19 bits per heavy atom. The van der Waals surface area contributed by atoms with Crippen molar-refractivity contribution in [2.75, 3.05) is 20.3 Å². The van der Waals surface area contributed by atoms with Gasteiger partial charge < -0.3 is 9.47 Å². The van der Waals surface area contributed by atoms with Gasteiger partial charge in [0.2, 0.25) is 6.08 Å². The van der Waals surface area contributed by atoms with Gasteiger partial charge in [0.15, 0.2) is 0 Å². The number of hydrogen-bond acceptors (Lipinski definition) is 4. The van der Waals surface area contributed by atoms with Crippen LogP contribution in [-0.2, 0) is 15.1 Å². The summed E-state index contributed by atoms with van der Waals surface area (Å²) in [5, 5.41) is 0. The molecular formula is C17H21NO3. The van der Waals surface area contributed by atoms with Crippen molar-refractivity contribution >= 4 is 6.08 Å². The zero-order valence-electron chi connectivity index (χ0n) is 12.4. The summed E-state index contributed by atoms with van der Waals surface area (Å²) in [6.45, 7) is 1.60. The van der Waals surface area contributed by atoms with Gasteiger partial charge in [0, 0.05) is 18.1 Å². The summed E-state index contributed by atoms with van der Waals surface area (Å²) < 4.78 is 11.0. The van der Waals surface area contributed by atoms with Crippen molar-refractivity contribution in [1.29, 1.82) is 0 Å². The van der Waals surface area contributed by atoms with E-state index in [2.05, 4.69) is 17.1 Å². The highest BCUT2D eigenvalue weighted by Gasteiger charge is 2.38. The highest BCUT2D eigenvalue weighted by atomic mass is 16.5. The number of methoxy groups -OCH3 is 1. The van der Waals surface area contributed by atoms with Crippen LogP contribution in [0.1, 0.15) is 49.1 Å². The lowest BCUT2D eigenvalue weighted by Crippen LogP contribution is -2.20. The first kappa shape index (κ1) is 14.3. The highest BCUT2D eigenvalue weighted by Crippen LogP contribution is 2.46. The second-order valence-corrected chi connectivity index (χ2v) is 5.96. The Morgan fingerprint density at radius 1 is 1.38 bits per heavy atom. The third-order valence-corrected chi connectivity index (χ3v) is 4.82. The van der Waals surface area contributed by atoms with Gasteiger partial charge in [-0.05, 0) is 37.0 Å². The molecule has 1 unspecified atom stereocenters. The number of benzene rings is 1. The summed E-state index contributed by atoms with van der Waals surface area (Å²) in [5.74, 6) is 1.26. The highest BCUT2D eigenvalue weighted by molar-refractivity contribution is 5.47. The maximum atomic E-state index is 10.9. The predicted molar refractivity (Wildman–Crippen MR) is 79.4 cm³/mol. The quantitative estimate of drug-likeness (QED) is 0.630. The molecule has 4 heteroatoms. The topological polar surface area (TPSA) is 47.9 Å². The first-order chi connectivity index (χ1) is 10.3. The summed E-state index contributed by atoms with van der Waals surface area (Å²) in [4.78, 5) is 15.1. The number of ether oxygens (including phenoxy) is 2. The van der Waals surface area contributed by atoms with Crippen molar-refractivity contribution in [2.45, 2.75) is 43.6 Å². The van der Waals surface area contributed by atoms with Gasteiger partial charge >= 0.3 is 0 Å². The predicted octanol–water partition coefficient (Wildman–Crippen LogP) is 3.30. The van der Waals surface area contributed by atoms with Crippen molar-refractivity contribution in [3.05, 3.63) is 29.3 Å². The summed E-state index contributed by atoms with van der Waals surface area (Å²) in [6, 6.07) is 6.28. The summed E-state index contributed by atoms with van der Waals surface area (Å²) >= 11 is 0. The number of aliphatic imine (C=N–C) groups is 1. The molecule has 0 amide bonds. The normalized spacial score (nSPS) is 23.8. The molecule has 1 atom stereocenters. The lowest BCUT2D eigenvalue weighted by Gasteiger charge is -2.26. The maximum absolute atomic E-state index is 10.9. The Balaban J connectivity index is 2.05. The van der Waals surface area contributed by atoms with Crippen LogP contribution in [0, 0.1) is 0 Å². The van der Waals surface area contributed by atoms with E-state index in [4.69, 9.17) is 9.47 Å². The maximum Gasteiger partial charge on any atom is 0.235 e. The van der Waals surface area contributed by atoms with Crippen LogP contribution in [-0.4, -0.2) is 26.4 Å². The van der Waals surface area contributed by atoms with Gasteiger partial charge in [0.25, 0.3) is 0 Å². The molecule has 1 saturated carbocycles. The van der Waals surface area contributed by atoms with Crippen molar-refractivity contribution in [3.63, 3.8) is 0 Å². The Hall–Kier alpha value is -1.64. The molecule has 0 spiro atoms. The van der Waals surface area contributed by atoms with Crippen LogP contribution in [0.25, 0.3) is 0 Å². The van der Waals surface area contributed by atoms with Gasteiger partial charge in [-0.2, -0.15) is 4.99 Å². The molecule has 0 radical (unpaired) electrons. The minimum Gasteiger partial charge on any atom is -0.496 e. The van der Waals surface area contributed by atoms with E-state index in [1.165, 1.54) is 5.56 Å². The largest absolute Gasteiger partial charge is 0.496 e. The fourth-order valence-electron chi connectivity index (χ4n) is 3.63. The zero-order valence-corrected chi connectivity index (χ0v) is 12.4. The van der Waals surface area contributed by atoms with E-state index in [1.807, 2.05) is 6.07 Å². The first-order valence-corrected chi connectivity index (χ1v) is 7.64. The van der Waals surface area contributed by atoms with E-state index < -0.39 is 5.54 Å². The van der Waals surface area contributed by atoms with Crippen molar-refractivity contribution < 1.29 is 14.3 Å². The van der Waals surface area contributed by atoms with Crippen LogP contribution < -0.4 is 4.74 Å². The zero-order chi connectivity index (χ0) is 14.7. The minimum absolute atomic E-state index is 0.438. The number of carbonyl (C=O) groups excluding carboxylic acids is 1. The molecule has 4 nitrogen and oxygen atoms in total. The number of isocyanates is 1. The fourth-order valence-corrected chi connectivity index (χ4v) is 3.63. The molecule has 0 bridgehead atoms. The Labute approximate surface area is 125 Å². The summed E-state index contributed by atoms with van der Waals surface area (Å²) in [6.07, 6.45) is 6.80. The average molecular weight is 287 g/mol. The van der Waals surface area contributed by atoms with Gasteiger partial charge in [-0.25, -0.2) is 4.79 Å². The molecule has 1 aliphatic carbocycles. The molecule has 0 N–H and O–H groups in total. The number of nitrogens with zero attached hydrogens (tertiary/aromatic N) is 1. The van der Waals surface area contributed by atoms with Gasteiger partial charge in [-0.1, -0.05) is 18.9 Å². The van der Waals surface area contributed by atoms with Crippen molar-refractivity contribution in [2.24, 2.45) is 4.99 Å². The molecule has 1 saturated heterocycles. The van der Waals surface area contributed by atoms with Crippen LogP contribution >= 0.6 is 0 Å². The van der Waals surface area contributed by atoms with Crippen LogP contribution in [0.5, 0.6) is 5.75 Å². The summed E-state index contributed by atoms with van der Waals surface area (Å²) in [5.41, 5.74) is 1.86. The first-order valence-electron chi connectivity index (χ1n) is 7.64. The second-order valence-electron chi connectivity index (χ2n) is 5.96. The lowest BCUT2D eigenvalue weighted by atomic mass is 9.85. The van der Waals surface area contributed by atoms with Gasteiger partial charge in [0.05, 0.1) is 13.7 Å². The molecule has 112 valence electrons. The molecule has 3 rings (SSSR count). The standard InChI is InChI=1S/C17H21NO3/c1-20-16-5-4-13(14-6-9-21-11-14)10-15(16)17(18-12-19)7-2-3-8-17/h4-5,10,14H,2-3,6-9,11H2,1H3. The second kappa shape index (κ2) is 6.00. The van der Waals surface area contributed by atoms with Crippen molar-refractivity contribution in [3.8, 4) is 5.75 Å².